The van der Waals surface area contributed by atoms with Gasteiger partial charge in [-0.1, -0.05) is 13.8 Å². The number of hydrogen-bond acceptors (Lipinski definition) is 4. The predicted molar refractivity (Wildman–Crippen MR) is 93.1 cm³/mol. The number of rotatable bonds is 6. The molecule has 24 heavy (non-hydrogen) atoms. The number of thioether (sulfide) groups is 1. The van der Waals surface area contributed by atoms with Gasteiger partial charge in [0, 0.05) is 23.5 Å². The van der Waals surface area contributed by atoms with Crippen molar-refractivity contribution in [3.63, 3.8) is 0 Å². The number of aliphatic carboxylic acids is 1. The van der Waals surface area contributed by atoms with Crippen LogP contribution in [0.25, 0.3) is 0 Å². The summed E-state index contributed by atoms with van der Waals surface area (Å²) in [6.07, 6.45) is 2.07. The van der Waals surface area contributed by atoms with E-state index in [0.717, 1.165) is 10.6 Å². The van der Waals surface area contributed by atoms with Crippen LogP contribution in [0.3, 0.4) is 0 Å². The Bertz CT molecular complexity index is 630. The number of carboxylic acid groups (broad SMARTS) is 1. The fraction of sp³-hybridized carbons (Fsp3) is 0.471. The van der Waals surface area contributed by atoms with Gasteiger partial charge in [-0.15, -0.1) is 11.8 Å². The molecule has 1 fully saturated rings. The molecule has 2 amide bonds. The lowest BCUT2D eigenvalue weighted by Gasteiger charge is -2.20. The molecule has 0 bridgehead atoms. The zero-order valence-corrected chi connectivity index (χ0v) is 14.8. The molecule has 2 atom stereocenters. The van der Waals surface area contributed by atoms with E-state index in [1.165, 1.54) is 0 Å². The molecule has 6 nitrogen and oxygen atoms in total. The summed E-state index contributed by atoms with van der Waals surface area (Å²) in [5, 5.41) is 11.7. The minimum atomic E-state index is -1.06. The van der Waals surface area contributed by atoms with E-state index in [4.69, 9.17) is 0 Å². The summed E-state index contributed by atoms with van der Waals surface area (Å²) in [7, 11) is 0. The molecule has 0 aliphatic carbocycles. The van der Waals surface area contributed by atoms with Crippen molar-refractivity contribution in [2.24, 2.45) is 11.8 Å². The Morgan fingerprint density at radius 1 is 1.29 bits per heavy atom. The van der Waals surface area contributed by atoms with Crippen LogP contribution < -0.4 is 10.2 Å². The summed E-state index contributed by atoms with van der Waals surface area (Å²) >= 11 is 1.62. The molecule has 2 rings (SSSR count). The minimum absolute atomic E-state index is 0.0978. The maximum atomic E-state index is 12.3. The first kappa shape index (κ1) is 18.3. The quantitative estimate of drug-likeness (QED) is 0.766. The van der Waals surface area contributed by atoms with Crippen molar-refractivity contribution in [1.82, 2.24) is 5.32 Å². The highest BCUT2D eigenvalue weighted by Gasteiger charge is 2.37. The molecule has 1 aromatic rings. The number of anilines is 1. The molecular formula is C17H22N2O4S. The van der Waals surface area contributed by atoms with Gasteiger partial charge < -0.3 is 15.3 Å². The average Bonchev–Trinajstić information content (AvgIpc) is 2.93. The summed E-state index contributed by atoms with van der Waals surface area (Å²) in [4.78, 5) is 38.4. The first-order valence-electron chi connectivity index (χ1n) is 7.81. The number of benzene rings is 1. The number of amides is 2. The van der Waals surface area contributed by atoms with Crippen molar-refractivity contribution in [3.8, 4) is 0 Å². The first-order chi connectivity index (χ1) is 11.3. The van der Waals surface area contributed by atoms with Crippen LogP contribution in [0.15, 0.2) is 29.2 Å². The van der Waals surface area contributed by atoms with Crippen molar-refractivity contribution in [1.29, 1.82) is 0 Å². The van der Waals surface area contributed by atoms with Crippen molar-refractivity contribution in [2.45, 2.75) is 31.2 Å². The normalized spacial score (nSPS) is 18.8. The van der Waals surface area contributed by atoms with Crippen LogP contribution in [0.4, 0.5) is 5.69 Å². The minimum Gasteiger partial charge on any atom is -0.480 e. The van der Waals surface area contributed by atoms with Gasteiger partial charge in [-0.3, -0.25) is 9.59 Å². The summed E-state index contributed by atoms with van der Waals surface area (Å²) in [5.41, 5.74) is 0.756. The number of carboxylic acids is 1. The Morgan fingerprint density at radius 3 is 2.42 bits per heavy atom. The predicted octanol–water partition coefficient (Wildman–Crippen LogP) is 1.99. The van der Waals surface area contributed by atoms with Gasteiger partial charge in [0.15, 0.2) is 0 Å². The fourth-order valence-corrected chi connectivity index (χ4v) is 3.09. The Labute approximate surface area is 145 Å². The van der Waals surface area contributed by atoms with Crippen LogP contribution in [0, 0.1) is 11.8 Å². The zero-order chi connectivity index (χ0) is 17.9. The summed E-state index contributed by atoms with van der Waals surface area (Å²) < 4.78 is 0. The van der Waals surface area contributed by atoms with E-state index >= 15 is 0 Å². The molecule has 130 valence electrons. The Morgan fingerprint density at radius 2 is 1.92 bits per heavy atom. The maximum absolute atomic E-state index is 12.3. The van der Waals surface area contributed by atoms with Gasteiger partial charge in [0.25, 0.3) is 0 Å². The largest absolute Gasteiger partial charge is 0.480 e. The third-order valence-corrected chi connectivity index (χ3v) is 4.85. The van der Waals surface area contributed by atoms with Gasteiger partial charge >= 0.3 is 5.97 Å². The third kappa shape index (κ3) is 4.08. The van der Waals surface area contributed by atoms with E-state index in [1.54, 1.807) is 30.5 Å². The SMILES string of the molecule is CSc1ccc(N2CC(C(=O)N[C@H](C(=O)O)C(C)C)CC2=O)cc1. The topological polar surface area (TPSA) is 86.7 Å². The highest BCUT2D eigenvalue weighted by molar-refractivity contribution is 7.98. The molecule has 0 saturated carbocycles. The van der Waals surface area contributed by atoms with Crippen molar-refractivity contribution >= 4 is 35.2 Å². The van der Waals surface area contributed by atoms with E-state index in [0.29, 0.717) is 0 Å². The monoisotopic (exact) mass is 350 g/mol. The number of nitrogens with one attached hydrogen (secondary N) is 1. The van der Waals surface area contributed by atoms with Crippen LogP contribution in [-0.2, 0) is 14.4 Å². The molecule has 1 aliphatic heterocycles. The van der Waals surface area contributed by atoms with E-state index in [1.807, 2.05) is 30.5 Å². The second kappa shape index (κ2) is 7.70. The molecule has 0 aromatic heterocycles. The molecule has 2 N–H and O–H groups in total. The standard InChI is InChI=1S/C17H22N2O4S/c1-10(2)15(17(22)23)18-16(21)11-8-14(20)19(9-11)12-4-6-13(24-3)7-5-12/h4-7,10-11,15H,8-9H2,1-3H3,(H,18,21)(H,22,23)/t11?,15-/m0/s1. The van der Waals surface area contributed by atoms with E-state index in [-0.39, 0.29) is 30.7 Å². The van der Waals surface area contributed by atoms with Crippen molar-refractivity contribution in [2.75, 3.05) is 17.7 Å². The van der Waals surface area contributed by atoms with Gasteiger partial charge in [0.05, 0.1) is 5.92 Å². The molecule has 1 unspecified atom stereocenters. The Kier molecular flexibility index (Phi) is 5.88. The van der Waals surface area contributed by atoms with E-state index in [9.17, 15) is 19.5 Å². The molecule has 1 saturated heterocycles. The molecule has 1 heterocycles. The average molecular weight is 350 g/mol. The summed E-state index contributed by atoms with van der Waals surface area (Å²) in [6, 6.07) is 6.64. The third-order valence-electron chi connectivity index (χ3n) is 4.11. The van der Waals surface area contributed by atoms with Gasteiger partial charge in [0.1, 0.15) is 6.04 Å². The van der Waals surface area contributed by atoms with Crippen LogP contribution in [-0.4, -0.2) is 41.7 Å². The van der Waals surface area contributed by atoms with E-state index in [2.05, 4.69) is 5.32 Å². The van der Waals surface area contributed by atoms with E-state index < -0.39 is 17.9 Å². The van der Waals surface area contributed by atoms with Gasteiger partial charge in [-0.25, -0.2) is 4.79 Å². The molecule has 0 radical (unpaired) electrons. The van der Waals surface area contributed by atoms with Crippen LogP contribution in [0.2, 0.25) is 0 Å². The number of carbonyl (C=O) groups excluding carboxylic acids is 2. The first-order valence-corrected chi connectivity index (χ1v) is 9.03. The zero-order valence-electron chi connectivity index (χ0n) is 14.0. The lowest BCUT2D eigenvalue weighted by atomic mass is 10.0. The molecule has 1 aliphatic rings. The molecule has 1 aromatic carbocycles. The van der Waals surface area contributed by atoms with Gasteiger partial charge in [0.2, 0.25) is 11.8 Å². The second-order valence-corrected chi connectivity index (χ2v) is 7.05. The van der Waals surface area contributed by atoms with Gasteiger partial charge in [-0.05, 0) is 36.4 Å². The summed E-state index contributed by atoms with van der Waals surface area (Å²) in [5.74, 6) is -2.32. The van der Waals surface area contributed by atoms with Crippen LogP contribution >= 0.6 is 11.8 Å². The van der Waals surface area contributed by atoms with Crippen molar-refractivity contribution in [3.05, 3.63) is 24.3 Å². The Balaban J connectivity index is 2.05. The highest BCUT2D eigenvalue weighted by Crippen LogP contribution is 2.27. The van der Waals surface area contributed by atoms with Crippen LogP contribution in [0.5, 0.6) is 0 Å². The maximum Gasteiger partial charge on any atom is 0.326 e. The number of nitrogens with zero attached hydrogens (tertiary/aromatic N) is 1. The number of carbonyl (C=O) groups is 3. The highest BCUT2D eigenvalue weighted by atomic mass is 32.2. The second-order valence-electron chi connectivity index (χ2n) is 6.17. The molecular weight excluding hydrogens is 328 g/mol. The fourth-order valence-electron chi connectivity index (χ4n) is 2.68. The van der Waals surface area contributed by atoms with Crippen molar-refractivity contribution < 1.29 is 19.5 Å². The smallest absolute Gasteiger partial charge is 0.326 e. The number of hydrogen-bond donors (Lipinski definition) is 2. The lowest BCUT2D eigenvalue weighted by Crippen LogP contribution is -2.47. The molecule has 0 spiro atoms. The van der Waals surface area contributed by atoms with Gasteiger partial charge in [-0.2, -0.15) is 0 Å². The Hall–Kier alpha value is -2.02. The summed E-state index contributed by atoms with van der Waals surface area (Å²) in [6.45, 7) is 3.74. The molecule has 7 heteroatoms. The van der Waals surface area contributed by atoms with Crippen LogP contribution in [0.1, 0.15) is 20.3 Å². The lowest BCUT2D eigenvalue weighted by molar-refractivity contribution is -0.143.